The molecule has 0 bridgehead atoms. The van der Waals surface area contributed by atoms with Crippen molar-refractivity contribution < 1.29 is 19.1 Å². The topological polar surface area (TPSA) is 55.8 Å². The maximum Gasteiger partial charge on any atom is 0.316 e. The highest BCUT2D eigenvalue weighted by molar-refractivity contribution is 6.30. The van der Waals surface area contributed by atoms with Crippen molar-refractivity contribution in [3.8, 4) is 11.5 Å². The Morgan fingerprint density at radius 3 is 2.54 bits per heavy atom. The summed E-state index contributed by atoms with van der Waals surface area (Å²) in [5.41, 5.74) is 0.687. The molecule has 124 valence electrons. The molecular weight excluding hydrogens is 330 g/mol. The average Bonchev–Trinajstić information content (AvgIpc) is 2.97. The molecule has 1 aliphatic rings. The average molecular weight is 346 g/mol. The third-order valence-corrected chi connectivity index (χ3v) is 4.09. The summed E-state index contributed by atoms with van der Waals surface area (Å²) in [6.07, 6.45) is 0.126. The van der Waals surface area contributed by atoms with Crippen LogP contribution in [0.3, 0.4) is 0 Å². The van der Waals surface area contributed by atoms with Gasteiger partial charge < -0.3 is 14.4 Å². The van der Waals surface area contributed by atoms with Gasteiger partial charge in [0.25, 0.3) is 0 Å². The molecule has 2 aromatic carbocycles. The lowest BCUT2D eigenvalue weighted by Crippen LogP contribution is -2.27. The summed E-state index contributed by atoms with van der Waals surface area (Å²) in [5.74, 6) is 0.0676. The van der Waals surface area contributed by atoms with E-state index in [9.17, 15) is 9.59 Å². The Morgan fingerprint density at radius 2 is 1.88 bits per heavy atom. The van der Waals surface area contributed by atoms with E-state index in [4.69, 9.17) is 21.1 Å². The standard InChI is InChI=1S/C18H16ClNO4/c1-23-15-5-7-16(8-6-15)24-18(22)12-9-17(21)20(11-12)14-4-2-3-13(19)10-14/h2-8,10,12H,9,11H2,1H3. The molecule has 6 heteroatoms. The number of carbonyl (C=O) groups excluding carboxylic acids is 2. The first-order valence-corrected chi connectivity index (χ1v) is 7.86. The minimum absolute atomic E-state index is 0.117. The predicted molar refractivity (Wildman–Crippen MR) is 90.5 cm³/mol. The quantitative estimate of drug-likeness (QED) is 0.630. The number of esters is 1. The largest absolute Gasteiger partial charge is 0.497 e. The number of methoxy groups -OCH3 is 1. The maximum absolute atomic E-state index is 12.3. The van der Waals surface area contributed by atoms with Gasteiger partial charge in [0.2, 0.25) is 5.91 Å². The fourth-order valence-electron chi connectivity index (χ4n) is 2.60. The summed E-state index contributed by atoms with van der Waals surface area (Å²) in [5, 5.41) is 0.546. The van der Waals surface area contributed by atoms with Crippen molar-refractivity contribution in [2.75, 3.05) is 18.6 Å². The van der Waals surface area contributed by atoms with Gasteiger partial charge in [0.15, 0.2) is 0 Å². The fraction of sp³-hybridized carbons (Fsp3) is 0.222. The van der Waals surface area contributed by atoms with Crippen molar-refractivity contribution in [2.45, 2.75) is 6.42 Å². The monoisotopic (exact) mass is 345 g/mol. The SMILES string of the molecule is COc1ccc(OC(=O)C2CC(=O)N(c3cccc(Cl)c3)C2)cc1. The van der Waals surface area contributed by atoms with E-state index in [1.54, 1.807) is 60.5 Å². The Hall–Kier alpha value is -2.53. The molecule has 1 atom stereocenters. The molecule has 1 aliphatic heterocycles. The van der Waals surface area contributed by atoms with E-state index in [-0.39, 0.29) is 18.9 Å². The van der Waals surface area contributed by atoms with Crippen molar-refractivity contribution in [1.29, 1.82) is 0 Å². The molecule has 0 radical (unpaired) electrons. The first-order valence-electron chi connectivity index (χ1n) is 7.48. The molecule has 1 heterocycles. The van der Waals surface area contributed by atoms with E-state index in [1.807, 2.05) is 0 Å². The van der Waals surface area contributed by atoms with Gasteiger partial charge in [0.05, 0.1) is 13.0 Å². The van der Waals surface area contributed by atoms with Crippen molar-refractivity contribution >= 4 is 29.2 Å². The van der Waals surface area contributed by atoms with Crippen LogP contribution in [0.1, 0.15) is 6.42 Å². The molecule has 1 unspecified atom stereocenters. The second kappa shape index (κ2) is 6.93. The van der Waals surface area contributed by atoms with Crippen molar-refractivity contribution in [3.05, 3.63) is 53.6 Å². The molecule has 5 nitrogen and oxygen atoms in total. The molecule has 0 N–H and O–H groups in total. The third-order valence-electron chi connectivity index (χ3n) is 3.86. The summed E-state index contributed by atoms with van der Waals surface area (Å²) in [6.45, 7) is 0.286. The van der Waals surface area contributed by atoms with E-state index in [0.29, 0.717) is 22.2 Å². The molecule has 0 aliphatic carbocycles. The van der Waals surface area contributed by atoms with Crippen LogP contribution in [0.5, 0.6) is 11.5 Å². The van der Waals surface area contributed by atoms with Gasteiger partial charge in [-0.05, 0) is 42.5 Å². The zero-order valence-electron chi connectivity index (χ0n) is 13.1. The highest BCUT2D eigenvalue weighted by Gasteiger charge is 2.36. The molecule has 1 fully saturated rings. The molecule has 24 heavy (non-hydrogen) atoms. The van der Waals surface area contributed by atoms with Crippen LogP contribution >= 0.6 is 11.6 Å². The number of nitrogens with zero attached hydrogens (tertiary/aromatic N) is 1. The first-order chi connectivity index (χ1) is 11.6. The van der Waals surface area contributed by atoms with Gasteiger partial charge in [-0.15, -0.1) is 0 Å². The van der Waals surface area contributed by atoms with E-state index < -0.39 is 11.9 Å². The van der Waals surface area contributed by atoms with Crippen LogP contribution in [0, 0.1) is 5.92 Å². The molecule has 2 aromatic rings. The van der Waals surface area contributed by atoms with Crippen LogP contribution in [0.25, 0.3) is 0 Å². The van der Waals surface area contributed by atoms with Crippen LogP contribution in [0.4, 0.5) is 5.69 Å². The lowest BCUT2D eigenvalue weighted by atomic mass is 10.1. The van der Waals surface area contributed by atoms with Gasteiger partial charge >= 0.3 is 5.97 Å². The van der Waals surface area contributed by atoms with E-state index in [1.165, 1.54) is 0 Å². The first kappa shape index (κ1) is 16.3. The normalized spacial score (nSPS) is 17.0. The predicted octanol–water partition coefficient (Wildman–Crippen LogP) is 3.31. The van der Waals surface area contributed by atoms with Crippen molar-refractivity contribution in [1.82, 2.24) is 0 Å². The van der Waals surface area contributed by atoms with Crippen LogP contribution in [0.2, 0.25) is 5.02 Å². The highest BCUT2D eigenvalue weighted by atomic mass is 35.5. The van der Waals surface area contributed by atoms with Gasteiger partial charge in [-0.2, -0.15) is 0 Å². The second-order valence-corrected chi connectivity index (χ2v) is 5.92. The number of halogens is 1. The number of carbonyl (C=O) groups is 2. The number of hydrogen-bond donors (Lipinski definition) is 0. The van der Waals surface area contributed by atoms with Crippen LogP contribution < -0.4 is 14.4 Å². The number of amides is 1. The number of hydrogen-bond acceptors (Lipinski definition) is 4. The fourth-order valence-corrected chi connectivity index (χ4v) is 2.79. The van der Waals surface area contributed by atoms with Gasteiger partial charge in [-0.25, -0.2) is 0 Å². The molecule has 0 aromatic heterocycles. The minimum atomic E-state index is -0.501. The summed E-state index contributed by atoms with van der Waals surface area (Å²) < 4.78 is 10.4. The smallest absolute Gasteiger partial charge is 0.316 e. The second-order valence-electron chi connectivity index (χ2n) is 5.48. The van der Waals surface area contributed by atoms with Crippen molar-refractivity contribution in [2.24, 2.45) is 5.92 Å². The Kier molecular flexibility index (Phi) is 4.71. The number of rotatable bonds is 4. The van der Waals surface area contributed by atoms with Crippen LogP contribution in [-0.2, 0) is 9.59 Å². The molecule has 0 saturated carbocycles. The Balaban J connectivity index is 1.67. The number of benzene rings is 2. The van der Waals surface area contributed by atoms with Gasteiger partial charge in [-0.3, -0.25) is 9.59 Å². The Labute approximate surface area is 144 Å². The van der Waals surface area contributed by atoms with E-state index >= 15 is 0 Å². The molecule has 1 amide bonds. The lowest BCUT2D eigenvalue weighted by molar-refractivity contribution is -0.139. The summed E-state index contributed by atoms with van der Waals surface area (Å²) in [4.78, 5) is 26.1. The third kappa shape index (κ3) is 3.51. The van der Waals surface area contributed by atoms with Crippen LogP contribution in [-0.4, -0.2) is 25.5 Å². The van der Waals surface area contributed by atoms with E-state index in [2.05, 4.69) is 0 Å². The van der Waals surface area contributed by atoms with Gasteiger partial charge in [-0.1, -0.05) is 17.7 Å². The zero-order valence-corrected chi connectivity index (χ0v) is 13.8. The maximum atomic E-state index is 12.3. The molecule has 0 spiro atoms. The van der Waals surface area contributed by atoms with Crippen LogP contribution in [0.15, 0.2) is 48.5 Å². The summed E-state index contributed by atoms with van der Waals surface area (Å²) in [7, 11) is 1.57. The Morgan fingerprint density at radius 1 is 1.17 bits per heavy atom. The zero-order chi connectivity index (χ0) is 17.1. The molecular formula is C18H16ClNO4. The summed E-state index contributed by atoms with van der Waals surface area (Å²) >= 11 is 5.96. The van der Waals surface area contributed by atoms with Gasteiger partial charge in [0.1, 0.15) is 11.5 Å². The number of anilines is 1. The molecule has 3 rings (SSSR count). The minimum Gasteiger partial charge on any atom is -0.497 e. The van der Waals surface area contributed by atoms with Gasteiger partial charge in [0, 0.05) is 23.7 Å². The van der Waals surface area contributed by atoms with Crippen molar-refractivity contribution in [3.63, 3.8) is 0 Å². The highest BCUT2D eigenvalue weighted by Crippen LogP contribution is 2.28. The Bertz CT molecular complexity index is 760. The van der Waals surface area contributed by atoms with E-state index in [0.717, 1.165) is 0 Å². The lowest BCUT2D eigenvalue weighted by Gasteiger charge is -2.16. The molecule has 1 saturated heterocycles. The number of ether oxygens (including phenoxy) is 2. The summed E-state index contributed by atoms with van der Waals surface area (Å²) in [6, 6.07) is 13.7.